The average Bonchev–Trinajstić information content (AvgIpc) is 3.43. The number of fused-ring (bicyclic) bond motifs is 4. The van der Waals surface area contributed by atoms with Crippen LogP contribution in [0.4, 0.5) is 0 Å². The van der Waals surface area contributed by atoms with E-state index in [0.29, 0.717) is 17.5 Å². The van der Waals surface area contributed by atoms with Crippen LogP contribution in [0.2, 0.25) is 0 Å². The van der Waals surface area contributed by atoms with Crippen LogP contribution in [0.3, 0.4) is 0 Å². The first kappa shape index (κ1) is 23.7. The van der Waals surface area contributed by atoms with Crippen molar-refractivity contribution >= 4 is 42.3 Å². The molecule has 0 amide bonds. The zero-order valence-corrected chi connectivity index (χ0v) is 22.8. The van der Waals surface area contributed by atoms with Gasteiger partial charge in [0.15, 0.2) is 17.5 Å². The van der Waals surface area contributed by atoms with Crippen LogP contribution in [-0.4, -0.2) is 15.0 Å². The van der Waals surface area contributed by atoms with Gasteiger partial charge >= 0.3 is 0 Å². The summed E-state index contributed by atoms with van der Waals surface area (Å²) in [5, 5.41) is 4.89. The second-order valence-electron chi connectivity index (χ2n) is 10.1. The summed E-state index contributed by atoms with van der Waals surface area (Å²) in [5.74, 6) is 1.99. The van der Waals surface area contributed by atoms with Crippen LogP contribution >= 0.6 is 11.3 Å². The van der Waals surface area contributed by atoms with Crippen LogP contribution in [0, 0.1) is 0 Å². The second-order valence-corrected chi connectivity index (χ2v) is 11.2. The lowest BCUT2D eigenvalue weighted by Gasteiger charge is -2.10. The largest absolute Gasteiger partial charge is 0.208 e. The standard InChI is InChI=1S/C37H23N3S/c1-2-9-24(10-3-1)27-13-8-14-28(21-27)35-38-36(29-18-17-25-11-4-5-12-26(25)22-29)40-37(39-35)30-19-20-32-31-15-6-7-16-33(31)41-34(32)23-30/h1-23H. The van der Waals surface area contributed by atoms with Crippen molar-refractivity contribution in [3.8, 4) is 45.3 Å². The molecule has 2 heterocycles. The molecule has 0 aliphatic rings. The van der Waals surface area contributed by atoms with E-state index in [0.717, 1.165) is 33.2 Å². The third-order valence-corrected chi connectivity index (χ3v) is 8.64. The Hall–Kier alpha value is -5.19. The monoisotopic (exact) mass is 541 g/mol. The zero-order chi connectivity index (χ0) is 27.2. The van der Waals surface area contributed by atoms with Gasteiger partial charge in [0.05, 0.1) is 0 Å². The highest BCUT2D eigenvalue weighted by Gasteiger charge is 2.15. The van der Waals surface area contributed by atoms with Crippen molar-refractivity contribution in [3.05, 3.63) is 140 Å². The molecule has 0 aliphatic heterocycles. The van der Waals surface area contributed by atoms with Crippen LogP contribution in [0.1, 0.15) is 0 Å². The summed E-state index contributed by atoms with van der Waals surface area (Å²) in [4.78, 5) is 15.1. The summed E-state index contributed by atoms with van der Waals surface area (Å²) in [7, 11) is 0. The van der Waals surface area contributed by atoms with Crippen LogP contribution in [-0.2, 0) is 0 Å². The molecule has 0 fully saturated rings. The third-order valence-electron chi connectivity index (χ3n) is 7.51. The molecule has 0 aliphatic carbocycles. The Balaban J connectivity index is 1.32. The molecule has 0 bridgehead atoms. The number of nitrogens with zero attached hydrogens (tertiary/aromatic N) is 3. The molecule has 0 N–H and O–H groups in total. The molecule has 0 spiro atoms. The van der Waals surface area contributed by atoms with E-state index in [-0.39, 0.29) is 0 Å². The van der Waals surface area contributed by atoms with Crippen molar-refractivity contribution in [2.24, 2.45) is 0 Å². The average molecular weight is 542 g/mol. The van der Waals surface area contributed by atoms with E-state index in [1.165, 1.54) is 25.6 Å². The molecule has 8 rings (SSSR count). The van der Waals surface area contributed by atoms with E-state index >= 15 is 0 Å². The molecule has 0 unspecified atom stereocenters. The van der Waals surface area contributed by atoms with Crippen molar-refractivity contribution in [1.29, 1.82) is 0 Å². The molecule has 8 aromatic rings. The second kappa shape index (κ2) is 9.77. The summed E-state index contributed by atoms with van der Waals surface area (Å²) in [6, 6.07) is 48.7. The normalized spacial score (nSPS) is 11.4. The summed E-state index contributed by atoms with van der Waals surface area (Å²) < 4.78 is 2.51. The number of aromatic nitrogens is 3. The molecule has 0 saturated heterocycles. The van der Waals surface area contributed by atoms with Gasteiger partial charge in [0.25, 0.3) is 0 Å². The fourth-order valence-electron chi connectivity index (χ4n) is 5.43. The van der Waals surface area contributed by atoms with Gasteiger partial charge in [-0.3, -0.25) is 0 Å². The minimum Gasteiger partial charge on any atom is -0.208 e. The lowest BCUT2D eigenvalue weighted by Crippen LogP contribution is -2.00. The first-order chi connectivity index (χ1) is 20.3. The van der Waals surface area contributed by atoms with Gasteiger partial charge in [0.1, 0.15) is 0 Å². The van der Waals surface area contributed by atoms with Crippen LogP contribution in [0.15, 0.2) is 140 Å². The third kappa shape index (κ3) is 4.35. The van der Waals surface area contributed by atoms with E-state index in [4.69, 9.17) is 15.0 Å². The zero-order valence-electron chi connectivity index (χ0n) is 22.0. The molecule has 6 aromatic carbocycles. The lowest BCUT2D eigenvalue weighted by molar-refractivity contribution is 1.08. The van der Waals surface area contributed by atoms with Crippen molar-refractivity contribution in [1.82, 2.24) is 15.0 Å². The van der Waals surface area contributed by atoms with Gasteiger partial charge in [-0.1, -0.05) is 115 Å². The van der Waals surface area contributed by atoms with Gasteiger partial charge in [0.2, 0.25) is 0 Å². The molecule has 0 atom stereocenters. The van der Waals surface area contributed by atoms with E-state index < -0.39 is 0 Å². The van der Waals surface area contributed by atoms with Gasteiger partial charge in [-0.2, -0.15) is 0 Å². The van der Waals surface area contributed by atoms with E-state index in [9.17, 15) is 0 Å². The maximum Gasteiger partial charge on any atom is 0.164 e. The topological polar surface area (TPSA) is 38.7 Å². The van der Waals surface area contributed by atoms with Crippen molar-refractivity contribution < 1.29 is 0 Å². The Morgan fingerprint density at radius 3 is 1.76 bits per heavy atom. The molecular formula is C37H23N3S. The molecule has 2 aromatic heterocycles. The fourth-order valence-corrected chi connectivity index (χ4v) is 6.57. The van der Waals surface area contributed by atoms with Gasteiger partial charge in [0, 0.05) is 36.9 Å². The number of hydrogen-bond donors (Lipinski definition) is 0. The molecule has 41 heavy (non-hydrogen) atoms. The molecule has 0 radical (unpaired) electrons. The first-order valence-corrected chi connectivity index (χ1v) is 14.4. The number of hydrogen-bond acceptors (Lipinski definition) is 4. The van der Waals surface area contributed by atoms with Crippen molar-refractivity contribution in [2.75, 3.05) is 0 Å². The number of rotatable bonds is 4. The van der Waals surface area contributed by atoms with Crippen LogP contribution in [0.25, 0.3) is 76.2 Å². The molecule has 4 heteroatoms. The van der Waals surface area contributed by atoms with Gasteiger partial charge in [-0.15, -0.1) is 11.3 Å². The molecular weight excluding hydrogens is 518 g/mol. The molecule has 3 nitrogen and oxygen atoms in total. The van der Waals surface area contributed by atoms with Gasteiger partial charge in [-0.05, 0) is 46.2 Å². The predicted octanol–water partition coefficient (Wildman–Crippen LogP) is 10.1. The highest BCUT2D eigenvalue weighted by Crippen LogP contribution is 2.36. The summed E-state index contributed by atoms with van der Waals surface area (Å²) in [6.07, 6.45) is 0. The Morgan fingerprint density at radius 1 is 0.341 bits per heavy atom. The Kier molecular flexibility index (Phi) is 5.64. The van der Waals surface area contributed by atoms with Crippen LogP contribution in [0.5, 0.6) is 0 Å². The SMILES string of the molecule is c1ccc(-c2cccc(-c3nc(-c4ccc5ccccc5c4)nc(-c4ccc5c(c4)sc4ccccc45)n3)c2)cc1. The van der Waals surface area contributed by atoms with E-state index in [1.807, 2.05) is 6.07 Å². The molecule has 192 valence electrons. The number of thiophene rings is 1. The van der Waals surface area contributed by atoms with Crippen LogP contribution < -0.4 is 0 Å². The van der Waals surface area contributed by atoms with Crippen molar-refractivity contribution in [3.63, 3.8) is 0 Å². The minimum absolute atomic E-state index is 0.660. The Bertz CT molecular complexity index is 2220. The maximum atomic E-state index is 5.04. The fraction of sp³-hybridized carbons (Fsp3) is 0. The van der Waals surface area contributed by atoms with Gasteiger partial charge < -0.3 is 0 Å². The van der Waals surface area contributed by atoms with Gasteiger partial charge in [-0.25, -0.2) is 15.0 Å². The summed E-state index contributed by atoms with van der Waals surface area (Å²) in [5.41, 5.74) is 5.20. The Morgan fingerprint density at radius 2 is 0.927 bits per heavy atom. The minimum atomic E-state index is 0.660. The highest BCUT2D eigenvalue weighted by atomic mass is 32.1. The summed E-state index contributed by atoms with van der Waals surface area (Å²) >= 11 is 1.80. The smallest absolute Gasteiger partial charge is 0.164 e. The molecule has 0 saturated carbocycles. The Labute approximate surface area is 241 Å². The highest BCUT2D eigenvalue weighted by molar-refractivity contribution is 7.25. The van der Waals surface area contributed by atoms with Crippen molar-refractivity contribution in [2.45, 2.75) is 0 Å². The predicted molar refractivity (Wildman–Crippen MR) is 172 cm³/mol. The van der Waals surface area contributed by atoms with E-state index in [1.54, 1.807) is 11.3 Å². The maximum absolute atomic E-state index is 5.04. The lowest BCUT2D eigenvalue weighted by atomic mass is 10.0. The summed E-state index contributed by atoms with van der Waals surface area (Å²) in [6.45, 7) is 0. The quantitative estimate of drug-likeness (QED) is 0.222. The van der Waals surface area contributed by atoms with E-state index in [2.05, 4.69) is 133 Å². The first-order valence-electron chi connectivity index (χ1n) is 13.6. The number of benzene rings is 6.